The van der Waals surface area contributed by atoms with Gasteiger partial charge in [0.25, 0.3) is 0 Å². The van der Waals surface area contributed by atoms with Gasteiger partial charge in [-0.05, 0) is 18.2 Å². The van der Waals surface area contributed by atoms with Gasteiger partial charge in [0.15, 0.2) is 0 Å². The Morgan fingerprint density at radius 2 is 2.46 bits per heavy atom. The zero-order valence-electron chi connectivity index (χ0n) is 7.07. The first-order valence-electron chi connectivity index (χ1n) is 3.84. The molecule has 1 rings (SSSR count). The lowest BCUT2D eigenvalue weighted by Gasteiger charge is -1.98. The van der Waals surface area contributed by atoms with Crippen molar-refractivity contribution in [3.05, 3.63) is 30.0 Å². The van der Waals surface area contributed by atoms with Crippen LogP contribution in [-0.2, 0) is 0 Å². The number of pyridine rings is 1. The van der Waals surface area contributed by atoms with Gasteiger partial charge >= 0.3 is 0 Å². The van der Waals surface area contributed by atoms with Crippen molar-refractivity contribution in [3.8, 4) is 6.07 Å². The summed E-state index contributed by atoms with van der Waals surface area (Å²) in [5, 5.41) is 8.29. The summed E-state index contributed by atoms with van der Waals surface area (Å²) < 4.78 is 0. The molecule has 0 unspecified atom stereocenters. The summed E-state index contributed by atoms with van der Waals surface area (Å²) in [4.78, 5) is 4.13. The van der Waals surface area contributed by atoms with Gasteiger partial charge in [0.2, 0.25) is 0 Å². The number of nitrogens with zero attached hydrogens (tertiary/aromatic N) is 2. The average Bonchev–Trinajstić information content (AvgIpc) is 2.19. The van der Waals surface area contributed by atoms with Crippen LogP contribution in [0.25, 0.3) is 6.08 Å². The van der Waals surface area contributed by atoms with E-state index in [1.54, 1.807) is 18.2 Å². The van der Waals surface area contributed by atoms with Crippen molar-refractivity contribution in [1.82, 2.24) is 4.98 Å². The molecule has 0 spiro atoms. The number of aromatic nitrogens is 1. The molecule has 66 valence electrons. The molecule has 0 saturated heterocycles. The Bertz CT molecular complexity index is 338. The second kappa shape index (κ2) is 4.91. The van der Waals surface area contributed by atoms with Gasteiger partial charge in [0, 0.05) is 0 Å². The molecule has 0 aliphatic rings. The van der Waals surface area contributed by atoms with Gasteiger partial charge in [-0.3, -0.25) is 0 Å². The summed E-state index contributed by atoms with van der Waals surface area (Å²) in [6, 6.07) is 7.46. The minimum absolute atomic E-state index is 0.391. The fourth-order valence-electron chi connectivity index (χ4n) is 0.857. The molecule has 0 aliphatic heterocycles. The Kier molecular flexibility index (Phi) is 3.48. The zero-order chi connectivity index (χ0) is 9.52. The maximum atomic E-state index is 8.29. The summed E-state index contributed by atoms with van der Waals surface area (Å²) in [6.45, 7) is 0. The van der Waals surface area contributed by atoms with E-state index in [2.05, 4.69) is 10.4 Å². The van der Waals surface area contributed by atoms with E-state index in [4.69, 9.17) is 11.1 Å². The van der Waals surface area contributed by atoms with Crippen molar-refractivity contribution >= 4 is 11.9 Å². The van der Waals surface area contributed by atoms with E-state index < -0.39 is 0 Å². The van der Waals surface area contributed by atoms with E-state index in [0.29, 0.717) is 12.2 Å². The molecule has 0 atom stereocenters. The minimum Gasteiger partial charge on any atom is -0.308 e. The number of hydrazine groups is 1. The number of allylic oxidation sites excluding steroid dienone is 1. The van der Waals surface area contributed by atoms with Crippen LogP contribution in [-0.4, -0.2) is 4.98 Å². The molecule has 1 heterocycles. The molecule has 4 nitrogen and oxygen atoms in total. The predicted octanol–water partition coefficient (Wildman–Crippen LogP) is 1.29. The topological polar surface area (TPSA) is 74.7 Å². The van der Waals surface area contributed by atoms with Crippen LogP contribution in [0.3, 0.4) is 0 Å². The molecule has 0 fully saturated rings. The minimum atomic E-state index is 0.391. The van der Waals surface area contributed by atoms with Crippen molar-refractivity contribution in [2.75, 3.05) is 5.43 Å². The van der Waals surface area contributed by atoms with Gasteiger partial charge in [0.05, 0.1) is 18.2 Å². The van der Waals surface area contributed by atoms with Gasteiger partial charge in [-0.2, -0.15) is 5.26 Å². The molecule has 0 aliphatic carbocycles. The van der Waals surface area contributed by atoms with Crippen LogP contribution < -0.4 is 11.3 Å². The number of nitriles is 1. The number of anilines is 1. The zero-order valence-corrected chi connectivity index (χ0v) is 7.07. The third-order valence-electron chi connectivity index (χ3n) is 1.42. The molecule has 0 aromatic carbocycles. The lowest BCUT2D eigenvalue weighted by Crippen LogP contribution is -2.08. The highest BCUT2D eigenvalue weighted by Crippen LogP contribution is 2.04. The summed E-state index contributed by atoms with van der Waals surface area (Å²) in [5.41, 5.74) is 3.23. The van der Waals surface area contributed by atoms with E-state index in [1.807, 2.05) is 18.2 Å². The lowest BCUT2D eigenvalue weighted by atomic mass is 10.3. The Morgan fingerprint density at radius 1 is 1.62 bits per heavy atom. The maximum Gasteiger partial charge on any atom is 0.140 e. The number of rotatable bonds is 3. The van der Waals surface area contributed by atoms with Crippen LogP contribution in [0.15, 0.2) is 24.3 Å². The maximum absolute atomic E-state index is 8.29. The van der Waals surface area contributed by atoms with Gasteiger partial charge < -0.3 is 5.43 Å². The standard InChI is InChI=1S/C9H10N4/c10-7-2-1-4-8-5-3-6-9(12-8)13-11/h1,3-6H,2,11H2,(H,12,13). The molecule has 3 N–H and O–H groups in total. The molecule has 1 aromatic rings. The largest absolute Gasteiger partial charge is 0.308 e. The fraction of sp³-hybridized carbons (Fsp3) is 0.111. The predicted molar refractivity (Wildman–Crippen MR) is 51.3 cm³/mol. The van der Waals surface area contributed by atoms with Gasteiger partial charge in [-0.25, -0.2) is 10.8 Å². The summed E-state index contributed by atoms with van der Waals surface area (Å²) in [5.74, 6) is 5.79. The summed E-state index contributed by atoms with van der Waals surface area (Å²) >= 11 is 0. The van der Waals surface area contributed by atoms with Crippen molar-refractivity contribution in [2.24, 2.45) is 5.84 Å². The third kappa shape index (κ3) is 2.93. The number of nitrogen functional groups attached to an aromatic ring is 1. The molecule has 0 amide bonds. The van der Waals surface area contributed by atoms with E-state index in [9.17, 15) is 0 Å². The highest BCUT2D eigenvalue weighted by Gasteiger charge is 1.90. The Balaban J connectivity index is 2.73. The molecular weight excluding hydrogens is 164 g/mol. The van der Waals surface area contributed by atoms with Gasteiger partial charge in [0.1, 0.15) is 5.82 Å². The fourth-order valence-corrected chi connectivity index (χ4v) is 0.857. The number of nitrogens with one attached hydrogen (secondary N) is 1. The first-order chi connectivity index (χ1) is 6.36. The first kappa shape index (κ1) is 9.23. The van der Waals surface area contributed by atoms with Crippen LogP contribution in [0, 0.1) is 11.3 Å². The van der Waals surface area contributed by atoms with Crippen molar-refractivity contribution in [1.29, 1.82) is 5.26 Å². The normalized spacial score (nSPS) is 9.85. The second-order valence-corrected chi connectivity index (χ2v) is 2.36. The van der Waals surface area contributed by atoms with Crippen molar-refractivity contribution in [3.63, 3.8) is 0 Å². The molecule has 1 aromatic heterocycles. The SMILES string of the molecule is N#CCC=Cc1cccc(NN)n1. The Labute approximate surface area is 76.7 Å². The molecule has 0 saturated carbocycles. The van der Waals surface area contributed by atoms with Crippen LogP contribution in [0.5, 0.6) is 0 Å². The van der Waals surface area contributed by atoms with Crippen LogP contribution >= 0.6 is 0 Å². The summed E-state index contributed by atoms with van der Waals surface area (Å²) in [6.07, 6.45) is 3.93. The quantitative estimate of drug-likeness (QED) is 0.535. The monoisotopic (exact) mass is 174 g/mol. The Morgan fingerprint density at radius 3 is 3.15 bits per heavy atom. The van der Waals surface area contributed by atoms with Crippen LogP contribution in [0.1, 0.15) is 12.1 Å². The van der Waals surface area contributed by atoms with Gasteiger partial charge in [-0.15, -0.1) is 0 Å². The first-order valence-corrected chi connectivity index (χ1v) is 3.84. The molecular formula is C9H10N4. The highest BCUT2D eigenvalue weighted by atomic mass is 15.2. The highest BCUT2D eigenvalue weighted by molar-refractivity contribution is 5.48. The van der Waals surface area contributed by atoms with Crippen LogP contribution in [0.2, 0.25) is 0 Å². The number of nitrogens with two attached hydrogens (primary N) is 1. The Hall–Kier alpha value is -1.86. The third-order valence-corrected chi connectivity index (χ3v) is 1.42. The van der Waals surface area contributed by atoms with E-state index >= 15 is 0 Å². The smallest absolute Gasteiger partial charge is 0.140 e. The van der Waals surface area contributed by atoms with Crippen LogP contribution in [0.4, 0.5) is 5.82 Å². The van der Waals surface area contributed by atoms with Crippen molar-refractivity contribution in [2.45, 2.75) is 6.42 Å². The average molecular weight is 174 g/mol. The van der Waals surface area contributed by atoms with E-state index in [0.717, 1.165) is 5.69 Å². The lowest BCUT2D eigenvalue weighted by molar-refractivity contribution is 1.21. The second-order valence-electron chi connectivity index (χ2n) is 2.36. The van der Waals surface area contributed by atoms with Gasteiger partial charge in [-0.1, -0.05) is 12.1 Å². The molecule has 0 radical (unpaired) electrons. The number of hydrogen-bond acceptors (Lipinski definition) is 4. The van der Waals surface area contributed by atoms with E-state index in [1.165, 1.54) is 0 Å². The molecule has 13 heavy (non-hydrogen) atoms. The van der Waals surface area contributed by atoms with E-state index in [-0.39, 0.29) is 0 Å². The molecule has 0 bridgehead atoms. The number of hydrogen-bond donors (Lipinski definition) is 2. The molecule has 4 heteroatoms. The summed E-state index contributed by atoms with van der Waals surface area (Å²) in [7, 11) is 0. The van der Waals surface area contributed by atoms with Crippen molar-refractivity contribution < 1.29 is 0 Å².